The number of anilines is 1. The summed E-state index contributed by atoms with van der Waals surface area (Å²) in [6, 6.07) is 15.1. The molecule has 1 aromatic heterocycles. The van der Waals surface area contributed by atoms with Crippen molar-refractivity contribution in [3.05, 3.63) is 64.9 Å². The van der Waals surface area contributed by atoms with Crippen LogP contribution < -0.4 is 10.1 Å². The van der Waals surface area contributed by atoms with E-state index >= 15 is 0 Å². The Bertz CT molecular complexity index is 975. The Hall–Kier alpha value is -2.51. The van der Waals surface area contributed by atoms with Crippen molar-refractivity contribution in [1.29, 1.82) is 0 Å². The van der Waals surface area contributed by atoms with Gasteiger partial charge in [-0.2, -0.15) is 0 Å². The molecule has 1 atom stereocenters. The number of hydrogen-bond acceptors (Lipinski definition) is 5. The average molecular weight is 431 g/mol. The van der Waals surface area contributed by atoms with E-state index in [1.54, 1.807) is 24.3 Å². The van der Waals surface area contributed by atoms with Gasteiger partial charge in [-0.1, -0.05) is 48.5 Å². The predicted octanol–water partition coefficient (Wildman–Crippen LogP) is 4.90. The minimum absolute atomic E-state index is 0.137. The van der Waals surface area contributed by atoms with Crippen molar-refractivity contribution < 1.29 is 9.53 Å². The molecular formula is C21H23ClN4O2S. The summed E-state index contributed by atoms with van der Waals surface area (Å²) >= 11 is 7.25. The molecule has 6 nitrogen and oxygen atoms in total. The van der Waals surface area contributed by atoms with Gasteiger partial charge in [0.15, 0.2) is 17.1 Å². The third-order valence-corrected chi connectivity index (χ3v) is 5.57. The third kappa shape index (κ3) is 5.74. The first-order valence-corrected chi connectivity index (χ1v) is 10.7. The van der Waals surface area contributed by atoms with E-state index in [0.29, 0.717) is 21.7 Å². The van der Waals surface area contributed by atoms with Gasteiger partial charge >= 0.3 is 0 Å². The van der Waals surface area contributed by atoms with Crippen LogP contribution in [-0.2, 0) is 18.3 Å². The van der Waals surface area contributed by atoms with Gasteiger partial charge in [-0.15, -0.1) is 10.2 Å². The SMILES string of the molecule is CCc1ccc(OC(C)c2nnc(SCC(=O)Nc3cccc(Cl)c3)n2C)cc1. The van der Waals surface area contributed by atoms with Crippen LogP contribution in [0.15, 0.2) is 53.7 Å². The summed E-state index contributed by atoms with van der Waals surface area (Å²) in [7, 11) is 1.87. The molecule has 0 radical (unpaired) electrons. The first-order valence-electron chi connectivity index (χ1n) is 9.29. The van der Waals surface area contributed by atoms with Crippen LogP contribution >= 0.6 is 23.4 Å². The van der Waals surface area contributed by atoms with E-state index in [0.717, 1.165) is 12.2 Å². The van der Waals surface area contributed by atoms with Gasteiger partial charge in [-0.25, -0.2) is 0 Å². The Morgan fingerprint density at radius 3 is 2.69 bits per heavy atom. The number of carbonyl (C=O) groups is 1. The number of ether oxygens (including phenoxy) is 1. The number of thioether (sulfide) groups is 1. The summed E-state index contributed by atoms with van der Waals surface area (Å²) in [6.45, 7) is 4.05. The fourth-order valence-corrected chi connectivity index (χ4v) is 3.67. The number of amides is 1. The fourth-order valence-electron chi connectivity index (χ4n) is 2.76. The average Bonchev–Trinajstić information content (AvgIpc) is 3.07. The molecule has 0 saturated heterocycles. The molecule has 1 N–H and O–H groups in total. The lowest BCUT2D eigenvalue weighted by atomic mass is 10.2. The fraction of sp³-hybridized carbons (Fsp3) is 0.286. The van der Waals surface area contributed by atoms with Crippen molar-refractivity contribution in [3.8, 4) is 5.75 Å². The number of carbonyl (C=O) groups excluding carboxylic acids is 1. The van der Waals surface area contributed by atoms with Crippen LogP contribution in [0.4, 0.5) is 5.69 Å². The monoisotopic (exact) mass is 430 g/mol. The van der Waals surface area contributed by atoms with E-state index in [1.165, 1.54) is 17.3 Å². The van der Waals surface area contributed by atoms with Crippen molar-refractivity contribution in [3.63, 3.8) is 0 Å². The van der Waals surface area contributed by atoms with E-state index < -0.39 is 0 Å². The Labute approximate surface area is 179 Å². The Balaban J connectivity index is 1.57. The van der Waals surface area contributed by atoms with E-state index in [2.05, 4.69) is 34.6 Å². The first kappa shape index (κ1) is 21.2. The van der Waals surface area contributed by atoms with Gasteiger partial charge in [0.1, 0.15) is 5.75 Å². The molecule has 0 saturated carbocycles. The Morgan fingerprint density at radius 1 is 1.24 bits per heavy atom. The molecule has 1 heterocycles. The number of aromatic nitrogens is 3. The lowest BCUT2D eigenvalue weighted by molar-refractivity contribution is -0.113. The molecule has 0 aliphatic heterocycles. The molecule has 1 amide bonds. The quantitative estimate of drug-likeness (QED) is 0.514. The first-order chi connectivity index (χ1) is 14.0. The number of benzene rings is 2. The van der Waals surface area contributed by atoms with E-state index in [-0.39, 0.29) is 17.8 Å². The van der Waals surface area contributed by atoms with Crippen molar-refractivity contribution in [2.75, 3.05) is 11.1 Å². The van der Waals surface area contributed by atoms with Crippen LogP contribution in [0.5, 0.6) is 5.75 Å². The van der Waals surface area contributed by atoms with Crippen molar-refractivity contribution in [2.45, 2.75) is 31.5 Å². The number of rotatable bonds is 8. The van der Waals surface area contributed by atoms with Gasteiger partial charge in [-0.3, -0.25) is 4.79 Å². The minimum atomic E-state index is -0.269. The minimum Gasteiger partial charge on any atom is -0.483 e. The zero-order chi connectivity index (χ0) is 20.8. The largest absolute Gasteiger partial charge is 0.483 e. The molecule has 0 aliphatic carbocycles. The van der Waals surface area contributed by atoms with Crippen LogP contribution in [0.3, 0.4) is 0 Å². The second-order valence-electron chi connectivity index (χ2n) is 6.50. The maximum absolute atomic E-state index is 12.2. The Kier molecular flexibility index (Phi) is 7.17. The number of halogens is 1. The maximum atomic E-state index is 12.2. The summed E-state index contributed by atoms with van der Waals surface area (Å²) in [5.41, 5.74) is 1.93. The molecule has 0 spiro atoms. The number of nitrogens with one attached hydrogen (secondary N) is 1. The molecule has 1 unspecified atom stereocenters. The number of nitrogens with zero attached hydrogens (tertiary/aromatic N) is 3. The van der Waals surface area contributed by atoms with Crippen molar-refractivity contribution in [2.24, 2.45) is 7.05 Å². The smallest absolute Gasteiger partial charge is 0.234 e. The van der Waals surface area contributed by atoms with Crippen LogP contribution in [0.25, 0.3) is 0 Å². The molecule has 152 valence electrons. The van der Waals surface area contributed by atoms with Gasteiger partial charge in [0.05, 0.1) is 5.75 Å². The van der Waals surface area contributed by atoms with E-state index in [1.807, 2.05) is 30.7 Å². The van der Waals surface area contributed by atoms with Crippen LogP contribution in [-0.4, -0.2) is 26.4 Å². The molecular weight excluding hydrogens is 408 g/mol. The topological polar surface area (TPSA) is 69.0 Å². The van der Waals surface area contributed by atoms with Crippen LogP contribution in [0.2, 0.25) is 5.02 Å². The highest BCUT2D eigenvalue weighted by Gasteiger charge is 2.18. The normalized spacial score (nSPS) is 11.9. The molecule has 3 rings (SSSR count). The second kappa shape index (κ2) is 9.80. The zero-order valence-corrected chi connectivity index (χ0v) is 18.1. The maximum Gasteiger partial charge on any atom is 0.234 e. The summed E-state index contributed by atoms with van der Waals surface area (Å²) in [5.74, 6) is 1.56. The van der Waals surface area contributed by atoms with E-state index in [4.69, 9.17) is 16.3 Å². The van der Waals surface area contributed by atoms with Gasteiger partial charge in [0.25, 0.3) is 0 Å². The second-order valence-corrected chi connectivity index (χ2v) is 7.88. The molecule has 0 bridgehead atoms. The standard InChI is InChI=1S/C21H23ClN4O2S/c1-4-15-8-10-18(11-9-15)28-14(2)20-24-25-21(26(20)3)29-13-19(27)23-17-7-5-6-16(22)12-17/h5-12,14H,4,13H2,1-3H3,(H,23,27). The third-order valence-electron chi connectivity index (χ3n) is 4.32. The number of aryl methyl sites for hydroxylation is 1. The lowest BCUT2D eigenvalue weighted by Gasteiger charge is -2.14. The predicted molar refractivity (Wildman–Crippen MR) is 117 cm³/mol. The van der Waals surface area contributed by atoms with Gasteiger partial charge < -0.3 is 14.6 Å². The number of hydrogen-bond donors (Lipinski definition) is 1. The van der Waals surface area contributed by atoms with Gasteiger partial charge in [-0.05, 0) is 49.2 Å². The molecule has 2 aromatic carbocycles. The lowest BCUT2D eigenvalue weighted by Crippen LogP contribution is -2.14. The molecule has 0 aliphatic rings. The highest BCUT2D eigenvalue weighted by molar-refractivity contribution is 7.99. The van der Waals surface area contributed by atoms with Gasteiger partial charge in [0.2, 0.25) is 5.91 Å². The molecule has 29 heavy (non-hydrogen) atoms. The zero-order valence-electron chi connectivity index (χ0n) is 16.6. The van der Waals surface area contributed by atoms with Crippen molar-refractivity contribution in [1.82, 2.24) is 14.8 Å². The van der Waals surface area contributed by atoms with Crippen molar-refractivity contribution >= 4 is 35.0 Å². The highest BCUT2D eigenvalue weighted by atomic mass is 35.5. The van der Waals surface area contributed by atoms with Gasteiger partial charge in [0, 0.05) is 17.8 Å². The molecule has 8 heteroatoms. The Morgan fingerprint density at radius 2 is 2.00 bits per heavy atom. The van der Waals surface area contributed by atoms with Crippen LogP contribution in [0.1, 0.15) is 31.3 Å². The van der Waals surface area contributed by atoms with E-state index in [9.17, 15) is 4.79 Å². The summed E-state index contributed by atoms with van der Waals surface area (Å²) in [6.07, 6.45) is 0.722. The summed E-state index contributed by atoms with van der Waals surface area (Å²) in [5, 5.41) is 12.5. The van der Waals surface area contributed by atoms with Crippen LogP contribution in [0, 0.1) is 0 Å². The molecule has 0 fully saturated rings. The summed E-state index contributed by atoms with van der Waals surface area (Å²) < 4.78 is 7.84. The molecule has 3 aromatic rings. The highest BCUT2D eigenvalue weighted by Crippen LogP contribution is 2.24. The summed E-state index contributed by atoms with van der Waals surface area (Å²) in [4.78, 5) is 12.2.